The molecule has 0 aliphatic carbocycles. The van der Waals surface area contributed by atoms with Crippen LogP contribution in [0.3, 0.4) is 0 Å². The summed E-state index contributed by atoms with van der Waals surface area (Å²) >= 11 is 0. The normalized spacial score (nSPS) is 9.40. The summed E-state index contributed by atoms with van der Waals surface area (Å²) in [7, 11) is 0. The van der Waals surface area contributed by atoms with Crippen LogP contribution in [-0.2, 0) is 0 Å². The van der Waals surface area contributed by atoms with E-state index in [-0.39, 0.29) is 5.76 Å². The van der Waals surface area contributed by atoms with Crippen LogP contribution in [0.5, 0.6) is 0 Å². The second-order valence-electron chi connectivity index (χ2n) is 5.75. The van der Waals surface area contributed by atoms with Crippen LogP contribution in [0.2, 0.25) is 0 Å². The Morgan fingerprint density at radius 2 is 1.52 bits per heavy atom. The van der Waals surface area contributed by atoms with Crippen molar-refractivity contribution in [3.63, 3.8) is 0 Å². The molecule has 25 heavy (non-hydrogen) atoms. The quantitative estimate of drug-likeness (QED) is 0.422. The number of hydrogen-bond donors (Lipinski definition) is 2. The van der Waals surface area contributed by atoms with Gasteiger partial charge < -0.3 is 10.8 Å². The number of para-hydroxylation sites is 1. The van der Waals surface area contributed by atoms with Crippen LogP contribution in [0.1, 0.15) is 33.6 Å². The molecule has 1 aromatic heterocycles. The molecule has 0 aliphatic heterocycles. The second kappa shape index (κ2) is 10.9. The highest BCUT2D eigenvalue weighted by Crippen LogP contribution is 2.21. The number of pyridine rings is 1. The van der Waals surface area contributed by atoms with E-state index in [1.54, 1.807) is 0 Å². The Kier molecular flexibility index (Phi) is 8.80. The number of nitrogen functional groups attached to an aromatic ring is 1. The SMILES string of the molecule is C=C(C)O.CCCC.Nc1ccc(-c2ccc3ccccc3n2)cc1. The summed E-state index contributed by atoms with van der Waals surface area (Å²) in [5.41, 5.74) is 9.53. The minimum absolute atomic E-state index is 0.167. The van der Waals surface area contributed by atoms with Gasteiger partial charge in [-0.3, -0.25) is 0 Å². The van der Waals surface area contributed by atoms with Gasteiger partial charge in [-0.1, -0.05) is 69.7 Å². The number of fused-ring (bicyclic) bond motifs is 1. The minimum Gasteiger partial charge on any atom is -0.513 e. The maximum absolute atomic E-state index is 7.86. The Bertz CT molecular complexity index is 773. The van der Waals surface area contributed by atoms with Crippen molar-refractivity contribution >= 4 is 16.6 Å². The molecule has 2 aromatic carbocycles. The maximum Gasteiger partial charge on any atom is 0.0820 e. The van der Waals surface area contributed by atoms with E-state index in [0.717, 1.165) is 27.8 Å². The Hall–Kier alpha value is -2.81. The summed E-state index contributed by atoms with van der Waals surface area (Å²) in [4.78, 5) is 4.63. The Balaban J connectivity index is 0.000000333. The zero-order valence-corrected chi connectivity index (χ0v) is 15.4. The lowest BCUT2D eigenvalue weighted by molar-refractivity contribution is 0.417. The number of aliphatic hydroxyl groups is 1. The van der Waals surface area contributed by atoms with Crippen LogP contribution in [0.15, 0.2) is 73.0 Å². The molecular formula is C22H28N2O. The molecule has 0 unspecified atom stereocenters. The molecule has 3 heteroatoms. The zero-order chi connectivity index (χ0) is 18.7. The third kappa shape index (κ3) is 7.53. The van der Waals surface area contributed by atoms with Gasteiger partial charge >= 0.3 is 0 Å². The van der Waals surface area contributed by atoms with Crippen LogP contribution < -0.4 is 5.73 Å². The number of aromatic nitrogens is 1. The van der Waals surface area contributed by atoms with E-state index in [9.17, 15) is 0 Å². The minimum atomic E-state index is 0.167. The molecule has 0 radical (unpaired) electrons. The lowest BCUT2D eigenvalue weighted by atomic mass is 10.1. The summed E-state index contributed by atoms with van der Waals surface area (Å²) in [5, 5.41) is 9.02. The van der Waals surface area contributed by atoms with Gasteiger partial charge in [0.1, 0.15) is 0 Å². The average molecular weight is 336 g/mol. The third-order valence-corrected chi connectivity index (χ3v) is 3.30. The van der Waals surface area contributed by atoms with Gasteiger partial charge in [0.15, 0.2) is 0 Å². The standard InChI is InChI=1S/C15H12N2.C4H10.C3H6O/c16-13-8-5-12(6-9-13)15-10-7-11-3-1-2-4-14(11)17-15;1-3-4-2;1-3(2)4/h1-10H,16H2;3-4H2,1-2H3;4H,1H2,2H3. The Labute approximate surface area is 150 Å². The van der Waals surface area contributed by atoms with Crippen LogP contribution in [0, 0.1) is 0 Å². The second-order valence-corrected chi connectivity index (χ2v) is 5.75. The molecule has 0 saturated heterocycles. The van der Waals surface area contributed by atoms with Crippen molar-refractivity contribution in [2.45, 2.75) is 33.6 Å². The topological polar surface area (TPSA) is 59.1 Å². The number of hydrogen-bond acceptors (Lipinski definition) is 3. The number of anilines is 1. The maximum atomic E-state index is 7.86. The predicted octanol–water partition coefficient (Wildman–Crippen LogP) is 6.37. The molecule has 0 fully saturated rings. The first-order valence-electron chi connectivity index (χ1n) is 8.54. The highest BCUT2D eigenvalue weighted by Gasteiger charge is 2.00. The van der Waals surface area contributed by atoms with Crippen LogP contribution in [0.25, 0.3) is 22.2 Å². The molecular weight excluding hydrogens is 308 g/mol. The van der Waals surface area contributed by atoms with Crippen molar-refractivity contribution in [2.75, 3.05) is 5.73 Å². The van der Waals surface area contributed by atoms with Crippen LogP contribution >= 0.6 is 0 Å². The third-order valence-electron chi connectivity index (χ3n) is 3.30. The van der Waals surface area contributed by atoms with E-state index in [0.29, 0.717) is 0 Å². The van der Waals surface area contributed by atoms with Crippen molar-refractivity contribution in [1.82, 2.24) is 4.98 Å². The molecule has 3 nitrogen and oxygen atoms in total. The highest BCUT2D eigenvalue weighted by atomic mass is 16.3. The van der Waals surface area contributed by atoms with E-state index in [1.165, 1.54) is 19.8 Å². The van der Waals surface area contributed by atoms with Crippen molar-refractivity contribution in [1.29, 1.82) is 0 Å². The number of nitrogens with zero attached hydrogens (tertiary/aromatic N) is 1. The Morgan fingerprint density at radius 3 is 2.08 bits per heavy atom. The molecule has 0 bridgehead atoms. The summed E-state index contributed by atoms with van der Waals surface area (Å²) < 4.78 is 0. The van der Waals surface area contributed by atoms with E-state index < -0.39 is 0 Å². The fourth-order valence-electron chi connectivity index (χ4n) is 1.88. The van der Waals surface area contributed by atoms with Crippen molar-refractivity contribution in [3.8, 4) is 11.3 Å². The highest BCUT2D eigenvalue weighted by molar-refractivity contribution is 5.81. The summed E-state index contributed by atoms with van der Waals surface area (Å²) in [6.07, 6.45) is 2.64. The number of nitrogens with two attached hydrogens (primary N) is 1. The van der Waals surface area contributed by atoms with Gasteiger partial charge in [-0.05, 0) is 31.2 Å². The van der Waals surface area contributed by atoms with Gasteiger partial charge in [-0.25, -0.2) is 4.98 Å². The van der Waals surface area contributed by atoms with Crippen LogP contribution in [0.4, 0.5) is 5.69 Å². The smallest absolute Gasteiger partial charge is 0.0820 e. The van der Waals surface area contributed by atoms with Gasteiger partial charge in [0.2, 0.25) is 0 Å². The number of allylic oxidation sites excluding steroid dienone is 1. The molecule has 132 valence electrons. The van der Waals surface area contributed by atoms with Gasteiger partial charge in [0.25, 0.3) is 0 Å². The molecule has 0 aliphatic rings. The molecule has 1 heterocycles. The summed E-state index contributed by atoms with van der Waals surface area (Å²) in [5.74, 6) is 0.167. The molecule has 0 atom stereocenters. The van der Waals surface area contributed by atoms with Crippen LogP contribution in [-0.4, -0.2) is 10.1 Å². The monoisotopic (exact) mass is 336 g/mol. The van der Waals surface area contributed by atoms with Gasteiger partial charge in [-0.15, -0.1) is 0 Å². The molecule has 3 aromatic rings. The first-order chi connectivity index (χ1) is 12.0. The molecule has 3 N–H and O–H groups in total. The van der Waals surface area contributed by atoms with Crippen molar-refractivity contribution in [3.05, 3.63) is 73.0 Å². The zero-order valence-electron chi connectivity index (χ0n) is 15.4. The molecule has 0 saturated carbocycles. The lowest BCUT2D eigenvalue weighted by Crippen LogP contribution is -1.87. The average Bonchev–Trinajstić information content (AvgIpc) is 2.62. The fourth-order valence-corrected chi connectivity index (χ4v) is 1.88. The van der Waals surface area contributed by atoms with Gasteiger partial charge in [0, 0.05) is 16.6 Å². The first-order valence-corrected chi connectivity index (χ1v) is 8.54. The van der Waals surface area contributed by atoms with Crippen molar-refractivity contribution in [2.24, 2.45) is 0 Å². The number of aliphatic hydroxyl groups excluding tert-OH is 1. The van der Waals surface area contributed by atoms with Crippen molar-refractivity contribution < 1.29 is 5.11 Å². The number of unbranched alkanes of at least 4 members (excludes halogenated alkanes) is 1. The van der Waals surface area contributed by atoms with E-state index >= 15 is 0 Å². The first kappa shape index (κ1) is 20.2. The summed E-state index contributed by atoms with van der Waals surface area (Å²) in [6, 6.07) is 20.0. The largest absolute Gasteiger partial charge is 0.513 e. The van der Waals surface area contributed by atoms with E-state index in [4.69, 9.17) is 10.8 Å². The number of rotatable bonds is 2. The van der Waals surface area contributed by atoms with Gasteiger partial charge in [0.05, 0.1) is 17.0 Å². The molecule has 3 rings (SSSR count). The molecule has 0 amide bonds. The lowest BCUT2D eigenvalue weighted by Gasteiger charge is -2.03. The van der Waals surface area contributed by atoms with E-state index in [1.807, 2.05) is 48.5 Å². The summed E-state index contributed by atoms with van der Waals surface area (Å²) in [6.45, 7) is 9.00. The fraction of sp³-hybridized carbons (Fsp3) is 0.227. The Morgan fingerprint density at radius 1 is 0.960 bits per heavy atom. The predicted molar refractivity (Wildman–Crippen MR) is 110 cm³/mol. The van der Waals surface area contributed by atoms with Gasteiger partial charge in [-0.2, -0.15) is 0 Å². The number of benzene rings is 2. The molecule has 0 spiro atoms. The van der Waals surface area contributed by atoms with E-state index in [2.05, 4.69) is 37.5 Å².